The van der Waals surface area contributed by atoms with Gasteiger partial charge in [0.1, 0.15) is 0 Å². The molecule has 1 heterocycles. The van der Waals surface area contributed by atoms with Crippen LogP contribution in [0.4, 0.5) is 5.69 Å². The number of sulfonamides is 1. The van der Waals surface area contributed by atoms with Crippen LogP contribution in [0.25, 0.3) is 0 Å². The van der Waals surface area contributed by atoms with Gasteiger partial charge in [0.25, 0.3) is 0 Å². The van der Waals surface area contributed by atoms with Crippen molar-refractivity contribution in [1.29, 1.82) is 0 Å². The summed E-state index contributed by atoms with van der Waals surface area (Å²) in [5.41, 5.74) is 2.10. The number of anilines is 1. The van der Waals surface area contributed by atoms with Crippen LogP contribution in [0, 0.1) is 13.8 Å². The fourth-order valence-corrected chi connectivity index (χ4v) is 3.73. The van der Waals surface area contributed by atoms with E-state index in [1.807, 2.05) is 6.92 Å². The normalized spacial score (nSPS) is 12.9. The number of amides is 1. The van der Waals surface area contributed by atoms with Gasteiger partial charge < -0.3 is 14.8 Å². The van der Waals surface area contributed by atoms with E-state index in [1.54, 1.807) is 37.3 Å². The first-order chi connectivity index (χ1) is 11.8. The van der Waals surface area contributed by atoms with Crippen molar-refractivity contribution in [3.63, 3.8) is 0 Å². The molecule has 7 nitrogen and oxygen atoms in total. The molecule has 1 aliphatic rings. The van der Waals surface area contributed by atoms with Gasteiger partial charge in [-0.05, 0) is 37.6 Å². The molecule has 0 bridgehead atoms. The number of hydrogen-bond donors (Lipinski definition) is 2. The van der Waals surface area contributed by atoms with Gasteiger partial charge in [0.05, 0.1) is 11.4 Å². The first-order valence-corrected chi connectivity index (χ1v) is 9.10. The lowest BCUT2D eigenvalue weighted by Gasteiger charge is -2.10. The van der Waals surface area contributed by atoms with E-state index in [-0.39, 0.29) is 18.2 Å². The van der Waals surface area contributed by atoms with Crippen LogP contribution in [0.2, 0.25) is 0 Å². The van der Waals surface area contributed by atoms with Gasteiger partial charge in [0, 0.05) is 11.8 Å². The maximum Gasteiger partial charge on any atom is 0.241 e. The predicted molar refractivity (Wildman–Crippen MR) is 92.3 cm³/mol. The topological polar surface area (TPSA) is 93.7 Å². The van der Waals surface area contributed by atoms with Crippen molar-refractivity contribution in [3.05, 3.63) is 47.5 Å². The second-order valence-corrected chi connectivity index (χ2v) is 7.45. The third-order valence-corrected chi connectivity index (χ3v) is 5.26. The standard InChI is InChI=1S/C17H18N2O5S/c1-11-3-6-16(12(2)7-11)25(21,22)18-9-17(20)19-13-4-5-14-15(8-13)24-10-23-14/h3-8,18H,9-10H2,1-2H3,(H,19,20). The van der Waals surface area contributed by atoms with Crippen LogP contribution in [0.3, 0.4) is 0 Å². The highest BCUT2D eigenvalue weighted by atomic mass is 32.2. The van der Waals surface area contributed by atoms with Gasteiger partial charge in [-0.2, -0.15) is 0 Å². The second-order valence-electron chi connectivity index (χ2n) is 5.71. The van der Waals surface area contributed by atoms with Crippen LogP contribution in [0.1, 0.15) is 11.1 Å². The lowest BCUT2D eigenvalue weighted by molar-refractivity contribution is -0.115. The summed E-state index contributed by atoms with van der Waals surface area (Å²) in [5, 5.41) is 2.62. The van der Waals surface area contributed by atoms with Crippen molar-refractivity contribution in [2.24, 2.45) is 0 Å². The van der Waals surface area contributed by atoms with Crippen LogP contribution in [0.5, 0.6) is 11.5 Å². The molecular formula is C17H18N2O5S. The minimum absolute atomic E-state index is 0.141. The number of hydrogen-bond acceptors (Lipinski definition) is 5. The molecule has 2 aromatic rings. The van der Waals surface area contributed by atoms with E-state index in [0.29, 0.717) is 22.7 Å². The van der Waals surface area contributed by atoms with E-state index < -0.39 is 15.9 Å². The van der Waals surface area contributed by atoms with E-state index in [4.69, 9.17) is 9.47 Å². The number of benzene rings is 2. The molecule has 2 aromatic carbocycles. The molecule has 8 heteroatoms. The molecule has 0 spiro atoms. The first-order valence-electron chi connectivity index (χ1n) is 7.61. The molecule has 0 saturated heterocycles. The Morgan fingerprint density at radius 2 is 1.84 bits per heavy atom. The summed E-state index contributed by atoms with van der Waals surface area (Å²) in [5.74, 6) is 0.661. The summed E-state index contributed by atoms with van der Waals surface area (Å²) in [6.07, 6.45) is 0. The van der Waals surface area contributed by atoms with E-state index in [1.165, 1.54) is 6.07 Å². The summed E-state index contributed by atoms with van der Waals surface area (Å²) in [7, 11) is -3.76. The smallest absolute Gasteiger partial charge is 0.241 e. The molecule has 0 unspecified atom stereocenters. The number of fused-ring (bicyclic) bond motifs is 1. The average molecular weight is 362 g/mol. The Labute approximate surface area is 146 Å². The van der Waals surface area contributed by atoms with E-state index >= 15 is 0 Å². The maximum atomic E-state index is 12.3. The SMILES string of the molecule is Cc1ccc(S(=O)(=O)NCC(=O)Nc2ccc3c(c2)OCO3)c(C)c1. The third-order valence-electron chi connectivity index (χ3n) is 3.70. The summed E-state index contributed by atoms with van der Waals surface area (Å²) in [6.45, 7) is 3.37. The summed E-state index contributed by atoms with van der Waals surface area (Å²) in [6, 6.07) is 9.99. The Morgan fingerprint density at radius 1 is 1.08 bits per heavy atom. The Balaban J connectivity index is 1.63. The van der Waals surface area contributed by atoms with Gasteiger partial charge in [-0.15, -0.1) is 0 Å². The van der Waals surface area contributed by atoms with Gasteiger partial charge in [-0.1, -0.05) is 17.7 Å². The Hall–Kier alpha value is -2.58. The number of carbonyl (C=O) groups excluding carboxylic acids is 1. The van der Waals surface area contributed by atoms with Crippen LogP contribution in [-0.2, 0) is 14.8 Å². The summed E-state index contributed by atoms with van der Waals surface area (Å²) < 4.78 is 37.4. The van der Waals surface area contributed by atoms with Crippen LogP contribution in [-0.4, -0.2) is 27.7 Å². The lowest BCUT2D eigenvalue weighted by atomic mass is 10.2. The zero-order valence-corrected chi connectivity index (χ0v) is 14.6. The minimum atomic E-state index is -3.76. The second kappa shape index (κ2) is 6.73. The molecule has 132 valence electrons. The molecule has 0 saturated carbocycles. The average Bonchev–Trinajstić information content (AvgIpc) is 3.00. The Bertz CT molecular complexity index is 925. The highest BCUT2D eigenvalue weighted by Gasteiger charge is 2.18. The molecule has 2 N–H and O–H groups in total. The van der Waals surface area contributed by atoms with Crippen molar-refractivity contribution in [1.82, 2.24) is 4.72 Å². The number of nitrogens with one attached hydrogen (secondary N) is 2. The van der Waals surface area contributed by atoms with Gasteiger partial charge >= 0.3 is 0 Å². The number of ether oxygens (including phenoxy) is 2. The molecular weight excluding hydrogens is 344 g/mol. The van der Waals surface area contributed by atoms with E-state index in [9.17, 15) is 13.2 Å². The largest absolute Gasteiger partial charge is 0.454 e. The van der Waals surface area contributed by atoms with Crippen molar-refractivity contribution in [3.8, 4) is 11.5 Å². The highest BCUT2D eigenvalue weighted by molar-refractivity contribution is 7.89. The molecule has 25 heavy (non-hydrogen) atoms. The van der Waals surface area contributed by atoms with Gasteiger partial charge in [-0.25, -0.2) is 13.1 Å². The van der Waals surface area contributed by atoms with Crippen molar-refractivity contribution >= 4 is 21.6 Å². The van der Waals surface area contributed by atoms with Gasteiger partial charge in [0.2, 0.25) is 22.7 Å². The number of aryl methyl sites for hydroxylation is 2. The van der Waals surface area contributed by atoms with Crippen LogP contribution >= 0.6 is 0 Å². The molecule has 3 rings (SSSR count). The monoisotopic (exact) mass is 362 g/mol. The molecule has 1 amide bonds. The van der Waals surface area contributed by atoms with Crippen molar-refractivity contribution < 1.29 is 22.7 Å². The molecule has 0 fully saturated rings. The summed E-state index contributed by atoms with van der Waals surface area (Å²) in [4.78, 5) is 12.2. The third kappa shape index (κ3) is 3.92. The zero-order valence-electron chi connectivity index (χ0n) is 13.8. The quantitative estimate of drug-likeness (QED) is 0.848. The van der Waals surface area contributed by atoms with Crippen LogP contribution in [0.15, 0.2) is 41.3 Å². The molecule has 0 aromatic heterocycles. The molecule has 0 radical (unpaired) electrons. The van der Waals surface area contributed by atoms with Crippen molar-refractivity contribution in [2.45, 2.75) is 18.7 Å². The summed E-state index contributed by atoms with van der Waals surface area (Å²) >= 11 is 0. The molecule has 1 aliphatic heterocycles. The van der Waals surface area contributed by atoms with E-state index in [2.05, 4.69) is 10.0 Å². The van der Waals surface area contributed by atoms with E-state index in [0.717, 1.165) is 5.56 Å². The van der Waals surface area contributed by atoms with Crippen molar-refractivity contribution in [2.75, 3.05) is 18.7 Å². The molecule has 0 aliphatic carbocycles. The predicted octanol–water partition coefficient (Wildman–Crippen LogP) is 1.95. The maximum absolute atomic E-state index is 12.3. The molecule has 0 atom stereocenters. The minimum Gasteiger partial charge on any atom is -0.454 e. The number of carbonyl (C=O) groups is 1. The zero-order chi connectivity index (χ0) is 18.0. The fourth-order valence-electron chi connectivity index (χ4n) is 2.52. The lowest BCUT2D eigenvalue weighted by Crippen LogP contribution is -2.33. The van der Waals surface area contributed by atoms with Gasteiger partial charge in [-0.3, -0.25) is 4.79 Å². The number of rotatable bonds is 5. The Kier molecular flexibility index (Phi) is 4.65. The highest BCUT2D eigenvalue weighted by Crippen LogP contribution is 2.34. The fraction of sp³-hybridized carbons (Fsp3) is 0.235. The van der Waals surface area contributed by atoms with Gasteiger partial charge in [0.15, 0.2) is 11.5 Å². The first kappa shape index (κ1) is 17.2. The van der Waals surface area contributed by atoms with Crippen LogP contribution < -0.4 is 19.5 Å². The Morgan fingerprint density at radius 3 is 2.60 bits per heavy atom.